The summed E-state index contributed by atoms with van der Waals surface area (Å²) in [7, 11) is 0. The summed E-state index contributed by atoms with van der Waals surface area (Å²) in [6.45, 7) is 13.0. The van der Waals surface area contributed by atoms with Crippen LogP contribution in [-0.2, 0) is 16.0 Å². The lowest BCUT2D eigenvalue weighted by Crippen LogP contribution is -2.42. The molecule has 0 radical (unpaired) electrons. The molecule has 0 aliphatic carbocycles. The van der Waals surface area contributed by atoms with Crippen molar-refractivity contribution in [2.24, 2.45) is 0 Å². The average molecular weight is 414 g/mol. The molecule has 0 bridgehead atoms. The quantitative estimate of drug-likeness (QED) is 0.701. The second kappa shape index (κ2) is 8.36. The highest BCUT2D eigenvalue weighted by Gasteiger charge is 2.26. The second-order valence-electron chi connectivity index (χ2n) is 7.40. The van der Waals surface area contributed by atoms with Crippen LogP contribution in [0, 0.1) is 0 Å². The Labute approximate surface area is 158 Å². The molecule has 2 rings (SSSR count). The van der Waals surface area contributed by atoms with Crippen molar-refractivity contribution >= 4 is 27.7 Å². The number of nitrogens with zero attached hydrogens (tertiary/aromatic N) is 3. The highest BCUT2D eigenvalue weighted by molar-refractivity contribution is 9.10. The maximum atomic E-state index is 12.6. The van der Waals surface area contributed by atoms with Gasteiger partial charge in [0.1, 0.15) is 10.2 Å². The molecule has 0 spiro atoms. The molecular formula is C18H28BrN3O3. The molecule has 1 aliphatic rings. The molecule has 0 atom stereocenters. The van der Waals surface area contributed by atoms with Crippen LogP contribution in [0.25, 0.3) is 0 Å². The van der Waals surface area contributed by atoms with Gasteiger partial charge in [-0.05, 0) is 62.7 Å². The molecule has 0 aromatic carbocycles. The first-order chi connectivity index (χ1) is 11.7. The molecule has 2 heterocycles. The van der Waals surface area contributed by atoms with E-state index in [1.54, 1.807) is 4.90 Å². The largest absolute Gasteiger partial charge is 0.444 e. The van der Waals surface area contributed by atoms with Crippen LogP contribution < -0.4 is 4.90 Å². The minimum absolute atomic E-state index is 0.00757. The first-order valence-corrected chi connectivity index (χ1v) is 9.44. The number of rotatable bonds is 4. The molecule has 1 aromatic rings. The number of carbonyl (C=O) groups is 1. The normalized spacial score (nSPS) is 15.4. The second-order valence-corrected chi connectivity index (χ2v) is 8.21. The minimum atomic E-state index is -0.526. The highest BCUT2D eigenvalue weighted by atomic mass is 79.9. The van der Waals surface area contributed by atoms with Crippen molar-refractivity contribution in [3.8, 4) is 0 Å². The van der Waals surface area contributed by atoms with Crippen LogP contribution in [0.4, 0.5) is 10.5 Å². The molecule has 7 heteroatoms. The van der Waals surface area contributed by atoms with Crippen LogP contribution in [0.5, 0.6) is 0 Å². The molecule has 0 unspecified atom stereocenters. The lowest BCUT2D eigenvalue weighted by Gasteiger charge is -2.33. The lowest BCUT2D eigenvalue weighted by atomic mass is 10.2. The number of halogens is 1. The fourth-order valence-corrected chi connectivity index (χ4v) is 2.96. The van der Waals surface area contributed by atoms with Gasteiger partial charge in [-0.2, -0.15) is 0 Å². The van der Waals surface area contributed by atoms with E-state index in [4.69, 9.17) is 9.47 Å². The summed E-state index contributed by atoms with van der Waals surface area (Å²) in [6, 6.07) is 3.99. The van der Waals surface area contributed by atoms with E-state index in [0.29, 0.717) is 19.8 Å². The standard InChI is InChI=1S/C18H28BrN3O3/c1-13(2)22(17(23)25-18(3,4)5)12-14-15(6-7-16(19)20-14)21-8-10-24-11-9-21/h6-7,13H,8-12H2,1-5H3. The van der Waals surface area contributed by atoms with Gasteiger partial charge in [-0.1, -0.05) is 0 Å². The topological polar surface area (TPSA) is 54.9 Å². The van der Waals surface area contributed by atoms with Crippen LogP contribution in [0.15, 0.2) is 16.7 Å². The predicted octanol–water partition coefficient (Wildman–Crippen LogP) is 3.83. The van der Waals surface area contributed by atoms with Crippen molar-refractivity contribution in [1.82, 2.24) is 9.88 Å². The minimum Gasteiger partial charge on any atom is -0.444 e. The summed E-state index contributed by atoms with van der Waals surface area (Å²) >= 11 is 3.44. The van der Waals surface area contributed by atoms with E-state index in [1.165, 1.54) is 0 Å². The van der Waals surface area contributed by atoms with Crippen LogP contribution in [0.3, 0.4) is 0 Å². The fourth-order valence-electron chi connectivity index (χ4n) is 2.62. The van der Waals surface area contributed by atoms with Gasteiger partial charge in [-0.15, -0.1) is 0 Å². The number of pyridine rings is 1. The number of hydrogen-bond donors (Lipinski definition) is 0. The van der Waals surface area contributed by atoms with Gasteiger partial charge in [-0.25, -0.2) is 9.78 Å². The molecule has 1 saturated heterocycles. The third-order valence-corrected chi connectivity index (χ3v) is 4.28. The maximum absolute atomic E-state index is 12.6. The number of anilines is 1. The summed E-state index contributed by atoms with van der Waals surface area (Å²) in [5.74, 6) is 0. The first-order valence-electron chi connectivity index (χ1n) is 8.65. The van der Waals surface area contributed by atoms with Gasteiger partial charge in [0.05, 0.1) is 31.1 Å². The fraction of sp³-hybridized carbons (Fsp3) is 0.667. The van der Waals surface area contributed by atoms with Crippen molar-refractivity contribution in [2.45, 2.75) is 52.8 Å². The van der Waals surface area contributed by atoms with Gasteiger partial charge in [0.15, 0.2) is 0 Å². The summed E-state index contributed by atoms with van der Waals surface area (Å²) in [6.07, 6.45) is -0.322. The SMILES string of the molecule is CC(C)N(Cc1nc(Br)ccc1N1CCOCC1)C(=O)OC(C)(C)C. The van der Waals surface area contributed by atoms with Crippen LogP contribution >= 0.6 is 15.9 Å². The molecule has 1 fully saturated rings. The molecule has 25 heavy (non-hydrogen) atoms. The smallest absolute Gasteiger partial charge is 0.410 e. The van der Waals surface area contributed by atoms with Crippen molar-refractivity contribution in [1.29, 1.82) is 0 Å². The lowest BCUT2D eigenvalue weighted by molar-refractivity contribution is 0.0169. The van der Waals surface area contributed by atoms with Gasteiger partial charge < -0.3 is 14.4 Å². The molecule has 1 aromatic heterocycles. The zero-order chi connectivity index (χ0) is 18.6. The van der Waals surface area contributed by atoms with Crippen molar-refractivity contribution in [3.63, 3.8) is 0 Å². The Morgan fingerprint density at radius 2 is 2.00 bits per heavy atom. The molecule has 0 N–H and O–H groups in total. The average Bonchev–Trinajstić information content (AvgIpc) is 2.51. The molecule has 6 nitrogen and oxygen atoms in total. The van der Waals surface area contributed by atoms with Crippen molar-refractivity contribution in [2.75, 3.05) is 31.2 Å². The number of amides is 1. The first kappa shape index (κ1) is 20.0. The summed E-state index contributed by atoms with van der Waals surface area (Å²) in [5.41, 5.74) is 1.37. The summed E-state index contributed by atoms with van der Waals surface area (Å²) in [5, 5.41) is 0. The molecule has 1 aliphatic heterocycles. The Bertz CT molecular complexity index is 596. The van der Waals surface area contributed by atoms with E-state index in [0.717, 1.165) is 29.1 Å². The van der Waals surface area contributed by atoms with Crippen LogP contribution in [-0.4, -0.2) is 53.9 Å². The van der Waals surface area contributed by atoms with Gasteiger partial charge in [-0.3, -0.25) is 4.90 Å². The van der Waals surface area contributed by atoms with Crippen molar-refractivity contribution < 1.29 is 14.3 Å². The van der Waals surface area contributed by atoms with E-state index in [1.807, 2.05) is 46.8 Å². The molecule has 0 saturated carbocycles. The number of hydrogen-bond acceptors (Lipinski definition) is 5. The van der Waals surface area contributed by atoms with Gasteiger partial charge in [0.25, 0.3) is 0 Å². The van der Waals surface area contributed by atoms with Gasteiger partial charge in [0, 0.05) is 19.1 Å². The van der Waals surface area contributed by atoms with Crippen LogP contribution in [0.2, 0.25) is 0 Å². The summed E-state index contributed by atoms with van der Waals surface area (Å²) in [4.78, 5) is 21.2. The molecule has 1 amide bonds. The van der Waals surface area contributed by atoms with Gasteiger partial charge in [0.2, 0.25) is 0 Å². The maximum Gasteiger partial charge on any atom is 0.410 e. The van der Waals surface area contributed by atoms with E-state index in [2.05, 4.69) is 25.8 Å². The van der Waals surface area contributed by atoms with E-state index >= 15 is 0 Å². The van der Waals surface area contributed by atoms with E-state index in [-0.39, 0.29) is 12.1 Å². The zero-order valence-corrected chi connectivity index (χ0v) is 17.3. The van der Waals surface area contributed by atoms with Gasteiger partial charge >= 0.3 is 6.09 Å². The highest BCUT2D eigenvalue weighted by Crippen LogP contribution is 2.25. The Morgan fingerprint density at radius 3 is 2.56 bits per heavy atom. The molecular weight excluding hydrogens is 386 g/mol. The number of ether oxygens (including phenoxy) is 2. The Hall–Kier alpha value is -1.34. The number of carbonyl (C=O) groups excluding carboxylic acids is 1. The third-order valence-electron chi connectivity index (χ3n) is 3.84. The monoisotopic (exact) mass is 413 g/mol. The van der Waals surface area contributed by atoms with E-state index < -0.39 is 5.60 Å². The number of aromatic nitrogens is 1. The Balaban J connectivity index is 2.25. The summed E-state index contributed by atoms with van der Waals surface area (Å²) < 4.78 is 11.8. The van der Waals surface area contributed by atoms with Crippen LogP contribution in [0.1, 0.15) is 40.3 Å². The van der Waals surface area contributed by atoms with E-state index in [9.17, 15) is 4.79 Å². The Kier molecular flexibility index (Phi) is 6.68. The third kappa shape index (κ3) is 5.85. The Morgan fingerprint density at radius 1 is 1.36 bits per heavy atom. The molecule has 140 valence electrons. The zero-order valence-electron chi connectivity index (χ0n) is 15.7. The predicted molar refractivity (Wildman–Crippen MR) is 102 cm³/mol. The van der Waals surface area contributed by atoms with Crippen molar-refractivity contribution in [3.05, 3.63) is 22.4 Å². The number of morpholine rings is 1.